The second-order valence-electron chi connectivity index (χ2n) is 6.97. The molecular weight excluding hydrogens is 266 g/mol. The SMILES string of the molecule is CCN1CCCC(C(C)NCCNC(=O)OC(C)(C)C)C1. The van der Waals surface area contributed by atoms with E-state index in [2.05, 4.69) is 29.4 Å². The van der Waals surface area contributed by atoms with Gasteiger partial charge in [-0.05, 0) is 59.5 Å². The summed E-state index contributed by atoms with van der Waals surface area (Å²) in [5.41, 5.74) is -0.434. The monoisotopic (exact) mass is 299 g/mol. The maximum absolute atomic E-state index is 11.5. The Balaban J connectivity index is 2.16. The van der Waals surface area contributed by atoms with E-state index in [9.17, 15) is 4.79 Å². The molecule has 1 heterocycles. The van der Waals surface area contributed by atoms with Gasteiger partial charge in [-0.2, -0.15) is 0 Å². The van der Waals surface area contributed by atoms with Gasteiger partial charge >= 0.3 is 6.09 Å². The minimum Gasteiger partial charge on any atom is -0.444 e. The Labute approximate surface area is 129 Å². The third kappa shape index (κ3) is 7.67. The van der Waals surface area contributed by atoms with Crippen molar-refractivity contribution in [3.05, 3.63) is 0 Å². The van der Waals surface area contributed by atoms with Crippen molar-refractivity contribution in [1.29, 1.82) is 0 Å². The summed E-state index contributed by atoms with van der Waals surface area (Å²) < 4.78 is 5.21. The van der Waals surface area contributed by atoms with E-state index < -0.39 is 5.60 Å². The van der Waals surface area contributed by atoms with E-state index in [1.54, 1.807) is 0 Å². The molecule has 0 aromatic carbocycles. The van der Waals surface area contributed by atoms with E-state index in [1.807, 2.05) is 20.8 Å². The summed E-state index contributed by atoms with van der Waals surface area (Å²) >= 11 is 0. The Morgan fingerprint density at radius 2 is 2.10 bits per heavy atom. The molecule has 0 saturated carbocycles. The number of nitrogens with zero attached hydrogens (tertiary/aromatic N) is 1. The van der Waals surface area contributed by atoms with Crippen molar-refractivity contribution in [3.8, 4) is 0 Å². The fourth-order valence-electron chi connectivity index (χ4n) is 2.73. The summed E-state index contributed by atoms with van der Waals surface area (Å²) in [5, 5.41) is 6.30. The highest BCUT2D eigenvalue weighted by molar-refractivity contribution is 5.67. The van der Waals surface area contributed by atoms with Crippen LogP contribution in [-0.4, -0.2) is 55.4 Å². The van der Waals surface area contributed by atoms with Crippen molar-refractivity contribution in [2.24, 2.45) is 5.92 Å². The molecule has 1 amide bonds. The lowest BCUT2D eigenvalue weighted by molar-refractivity contribution is 0.0527. The maximum Gasteiger partial charge on any atom is 0.407 e. The molecule has 21 heavy (non-hydrogen) atoms. The highest BCUT2D eigenvalue weighted by Crippen LogP contribution is 2.19. The van der Waals surface area contributed by atoms with E-state index in [4.69, 9.17) is 4.74 Å². The lowest BCUT2D eigenvalue weighted by atomic mass is 9.91. The van der Waals surface area contributed by atoms with Crippen LogP contribution in [0.4, 0.5) is 4.79 Å². The molecule has 124 valence electrons. The van der Waals surface area contributed by atoms with E-state index >= 15 is 0 Å². The normalized spacial score (nSPS) is 21.9. The van der Waals surface area contributed by atoms with Gasteiger partial charge in [-0.1, -0.05) is 6.92 Å². The first-order valence-corrected chi connectivity index (χ1v) is 8.24. The van der Waals surface area contributed by atoms with E-state index in [-0.39, 0.29) is 6.09 Å². The van der Waals surface area contributed by atoms with Gasteiger partial charge in [0.2, 0.25) is 0 Å². The van der Waals surface area contributed by atoms with Crippen molar-refractivity contribution in [2.75, 3.05) is 32.7 Å². The molecule has 1 fully saturated rings. The minimum atomic E-state index is -0.434. The molecule has 5 heteroatoms. The fourth-order valence-corrected chi connectivity index (χ4v) is 2.73. The van der Waals surface area contributed by atoms with Gasteiger partial charge in [-0.25, -0.2) is 4.79 Å². The molecule has 2 N–H and O–H groups in total. The largest absolute Gasteiger partial charge is 0.444 e. The number of hydrogen-bond donors (Lipinski definition) is 2. The zero-order valence-electron chi connectivity index (χ0n) is 14.4. The second-order valence-corrected chi connectivity index (χ2v) is 6.97. The van der Waals surface area contributed by atoms with Crippen LogP contribution in [0.5, 0.6) is 0 Å². The summed E-state index contributed by atoms with van der Waals surface area (Å²) in [6, 6.07) is 0.486. The van der Waals surface area contributed by atoms with Gasteiger partial charge in [0, 0.05) is 25.7 Å². The number of alkyl carbamates (subject to hydrolysis) is 1. The van der Waals surface area contributed by atoms with Crippen LogP contribution in [0.2, 0.25) is 0 Å². The number of amides is 1. The molecule has 1 aliphatic rings. The third-order valence-electron chi connectivity index (χ3n) is 3.96. The summed E-state index contributed by atoms with van der Waals surface area (Å²) in [7, 11) is 0. The Morgan fingerprint density at radius 3 is 2.71 bits per heavy atom. The standard InChI is InChI=1S/C16H33N3O2/c1-6-19-11-7-8-14(12-19)13(2)17-9-10-18-15(20)21-16(3,4)5/h13-14,17H,6-12H2,1-5H3,(H,18,20). The Morgan fingerprint density at radius 1 is 1.38 bits per heavy atom. The van der Waals surface area contributed by atoms with Crippen LogP contribution in [0.25, 0.3) is 0 Å². The molecule has 1 aliphatic heterocycles. The number of likely N-dealkylation sites (tertiary alicyclic amines) is 1. The van der Waals surface area contributed by atoms with Crippen LogP contribution in [0, 0.1) is 5.92 Å². The van der Waals surface area contributed by atoms with Gasteiger partial charge in [0.05, 0.1) is 0 Å². The van der Waals surface area contributed by atoms with Crippen LogP contribution in [0.1, 0.15) is 47.5 Å². The van der Waals surface area contributed by atoms with Gasteiger partial charge in [0.1, 0.15) is 5.60 Å². The molecule has 5 nitrogen and oxygen atoms in total. The van der Waals surface area contributed by atoms with Crippen molar-refractivity contribution in [3.63, 3.8) is 0 Å². The number of rotatable bonds is 6. The molecular formula is C16H33N3O2. The Hall–Kier alpha value is -0.810. The average Bonchev–Trinajstić information content (AvgIpc) is 2.41. The zero-order chi connectivity index (χ0) is 15.9. The van der Waals surface area contributed by atoms with Gasteiger partial charge in [0.25, 0.3) is 0 Å². The van der Waals surface area contributed by atoms with Gasteiger partial charge in [-0.15, -0.1) is 0 Å². The van der Waals surface area contributed by atoms with Crippen LogP contribution in [-0.2, 0) is 4.74 Å². The molecule has 2 atom stereocenters. The highest BCUT2D eigenvalue weighted by Gasteiger charge is 2.23. The van der Waals surface area contributed by atoms with Crippen LogP contribution < -0.4 is 10.6 Å². The average molecular weight is 299 g/mol. The number of piperidine rings is 1. The lowest BCUT2D eigenvalue weighted by Crippen LogP contribution is -2.46. The smallest absolute Gasteiger partial charge is 0.407 e. The number of hydrogen-bond acceptors (Lipinski definition) is 4. The van der Waals surface area contributed by atoms with E-state index in [1.165, 1.54) is 25.9 Å². The maximum atomic E-state index is 11.5. The van der Waals surface area contributed by atoms with Crippen molar-refractivity contribution >= 4 is 6.09 Å². The molecule has 0 aromatic rings. The van der Waals surface area contributed by atoms with Crippen molar-refractivity contribution in [1.82, 2.24) is 15.5 Å². The number of ether oxygens (including phenoxy) is 1. The number of carbonyl (C=O) groups excluding carboxylic acids is 1. The van der Waals surface area contributed by atoms with E-state index in [0.29, 0.717) is 18.5 Å². The Bertz CT molecular complexity index is 315. The van der Waals surface area contributed by atoms with Gasteiger partial charge in [0.15, 0.2) is 0 Å². The quantitative estimate of drug-likeness (QED) is 0.739. The molecule has 0 radical (unpaired) electrons. The first kappa shape index (κ1) is 18.2. The third-order valence-corrected chi connectivity index (χ3v) is 3.96. The fraction of sp³-hybridized carbons (Fsp3) is 0.938. The predicted molar refractivity (Wildman–Crippen MR) is 86.5 cm³/mol. The molecule has 1 saturated heterocycles. The molecule has 0 spiro atoms. The molecule has 0 aromatic heterocycles. The van der Waals surface area contributed by atoms with Gasteiger partial charge in [-0.3, -0.25) is 0 Å². The molecule has 0 bridgehead atoms. The lowest BCUT2D eigenvalue weighted by Gasteiger charge is -2.35. The zero-order valence-corrected chi connectivity index (χ0v) is 14.4. The molecule has 2 unspecified atom stereocenters. The minimum absolute atomic E-state index is 0.341. The van der Waals surface area contributed by atoms with Crippen LogP contribution >= 0.6 is 0 Å². The van der Waals surface area contributed by atoms with E-state index in [0.717, 1.165) is 13.1 Å². The van der Waals surface area contributed by atoms with Crippen molar-refractivity contribution < 1.29 is 9.53 Å². The topological polar surface area (TPSA) is 53.6 Å². The molecule has 0 aliphatic carbocycles. The summed E-state index contributed by atoms with van der Waals surface area (Å²) in [6.07, 6.45) is 2.25. The second kappa shape index (κ2) is 8.59. The molecule has 1 rings (SSSR count). The summed E-state index contributed by atoms with van der Waals surface area (Å²) in [4.78, 5) is 14.0. The summed E-state index contributed by atoms with van der Waals surface area (Å²) in [5.74, 6) is 0.709. The number of carbonyl (C=O) groups is 1. The van der Waals surface area contributed by atoms with Gasteiger partial charge < -0.3 is 20.3 Å². The Kier molecular flexibility index (Phi) is 7.46. The number of nitrogens with one attached hydrogen (secondary N) is 2. The predicted octanol–water partition coefficient (Wildman–Crippen LogP) is 2.22. The first-order valence-electron chi connectivity index (χ1n) is 8.24. The van der Waals surface area contributed by atoms with Crippen LogP contribution in [0.3, 0.4) is 0 Å². The highest BCUT2D eigenvalue weighted by atomic mass is 16.6. The van der Waals surface area contributed by atoms with Crippen LogP contribution in [0.15, 0.2) is 0 Å². The first-order chi connectivity index (χ1) is 9.81. The summed E-state index contributed by atoms with van der Waals surface area (Å²) in [6.45, 7) is 15.0. The van der Waals surface area contributed by atoms with Crippen molar-refractivity contribution in [2.45, 2.75) is 59.1 Å².